The summed E-state index contributed by atoms with van der Waals surface area (Å²) in [6, 6.07) is 20.1. The smallest absolute Gasteiger partial charge is 0.255 e. The van der Waals surface area contributed by atoms with Gasteiger partial charge in [0.1, 0.15) is 5.75 Å². The third-order valence-electron chi connectivity index (χ3n) is 4.54. The van der Waals surface area contributed by atoms with Crippen molar-refractivity contribution < 1.29 is 9.53 Å². The highest BCUT2D eigenvalue weighted by molar-refractivity contribution is 6.05. The van der Waals surface area contributed by atoms with Gasteiger partial charge in [0.25, 0.3) is 5.91 Å². The summed E-state index contributed by atoms with van der Waals surface area (Å²) in [5.41, 5.74) is 10.7. The largest absolute Gasteiger partial charge is 0.497 e. The van der Waals surface area contributed by atoms with Crippen LogP contribution in [0.25, 0.3) is 0 Å². The molecule has 0 fully saturated rings. The van der Waals surface area contributed by atoms with Gasteiger partial charge >= 0.3 is 0 Å². The molecule has 148 valence electrons. The molecule has 0 heterocycles. The van der Waals surface area contributed by atoms with E-state index in [1.54, 1.807) is 38.3 Å². The first-order chi connectivity index (χ1) is 14.0. The summed E-state index contributed by atoms with van der Waals surface area (Å²) in [5, 5.41) is 14.1. The molecule has 0 aromatic heterocycles. The molecule has 0 aliphatic carbocycles. The average Bonchev–Trinajstić information content (AvgIpc) is 2.73. The Morgan fingerprint density at radius 1 is 1.03 bits per heavy atom. The van der Waals surface area contributed by atoms with E-state index < -0.39 is 0 Å². The summed E-state index contributed by atoms with van der Waals surface area (Å²) >= 11 is 0. The Bertz CT molecular complexity index is 1030. The summed E-state index contributed by atoms with van der Waals surface area (Å²) in [6.07, 6.45) is 0. The van der Waals surface area contributed by atoms with Crippen LogP contribution in [0.5, 0.6) is 5.75 Å². The molecule has 0 atom stereocenters. The molecule has 6 heteroatoms. The Balaban J connectivity index is 1.68. The van der Waals surface area contributed by atoms with E-state index in [0.717, 1.165) is 22.6 Å². The molecule has 0 bridgehead atoms. The van der Waals surface area contributed by atoms with E-state index in [0.29, 0.717) is 29.2 Å². The van der Waals surface area contributed by atoms with Gasteiger partial charge in [-0.2, -0.15) is 0 Å². The van der Waals surface area contributed by atoms with Crippen molar-refractivity contribution in [3.05, 3.63) is 83.4 Å². The number of hydrogen-bond acceptors (Lipinski definition) is 5. The maximum Gasteiger partial charge on any atom is 0.255 e. The standard InChI is InChI=1S/C23H24N4O2/c1-15(24)19-12-11-18(29-2)13-22(19)26-14-16-7-9-17(10-8-16)23(28)27-21-6-4-3-5-20(21)25/h3-13,24,26H,14,25H2,1-2H3,(H,27,28). The van der Waals surface area contributed by atoms with Crippen LogP contribution in [0.2, 0.25) is 0 Å². The summed E-state index contributed by atoms with van der Waals surface area (Å²) in [7, 11) is 1.61. The van der Waals surface area contributed by atoms with E-state index >= 15 is 0 Å². The number of rotatable bonds is 7. The predicted octanol–water partition coefficient (Wildman–Crippen LogP) is 4.53. The molecule has 3 aromatic rings. The molecule has 0 saturated heterocycles. The maximum atomic E-state index is 12.4. The number of carbonyl (C=O) groups is 1. The van der Waals surface area contributed by atoms with Gasteiger partial charge in [-0.1, -0.05) is 24.3 Å². The SMILES string of the molecule is COc1ccc(C(C)=N)c(NCc2ccc(C(=O)Nc3ccccc3N)cc2)c1. The summed E-state index contributed by atoms with van der Waals surface area (Å²) < 4.78 is 5.28. The lowest BCUT2D eigenvalue weighted by molar-refractivity contribution is 0.102. The molecule has 0 unspecified atom stereocenters. The zero-order chi connectivity index (χ0) is 20.8. The van der Waals surface area contributed by atoms with Crippen LogP contribution in [0.3, 0.4) is 0 Å². The molecule has 1 amide bonds. The Morgan fingerprint density at radius 2 is 1.76 bits per heavy atom. The number of nitrogens with one attached hydrogen (secondary N) is 3. The quantitative estimate of drug-likeness (QED) is 0.353. The van der Waals surface area contributed by atoms with Gasteiger partial charge in [0.05, 0.1) is 18.5 Å². The van der Waals surface area contributed by atoms with Gasteiger partial charge in [0.15, 0.2) is 0 Å². The number of nitrogen functional groups attached to an aromatic ring is 1. The highest BCUT2D eigenvalue weighted by atomic mass is 16.5. The monoisotopic (exact) mass is 388 g/mol. The first-order valence-electron chi connectivity index (χ1n) is 9.20. The fraction of sp³-hybridized carbons (Fsp3) is 0.130. The van der Waals surface area contributed by atoms with Crippen LogP contribution >= 0.6 is 0 Å². The van der Waals surface area contributed by atoms with Gasteiger partial charge in [0.2, 0.25) is 0 Å². The average molecular weight is 388 g/mol. The lowest BCUT2D eigenvalue weighted by Gasteiger charge is -2.13. The number of methoxy groups -OCH3 is 1. The second-order valence-corrected chi connectivity index (χ2v) is 6.63. The maximum absolute atomic E-state index is 12.4. The van der Waals surface area contributed by atoms with E-state index in [9.17, 15) is 4.79 Å². The van der Waals surface area contributed by atoms with Gasteiger partial charge < -0.3 is 26.5 Å². The Hall–Kier alpha value is -3.80. The molecule has 6 nitrogen and oxygen atoms in total. The van der Waals surface area contributed by atoms with Gasteiger partial charge in [-0.3, -0.25) is 4.79 Å². The lowest BCUT2D eigenvalue weighted by atomic mass is 10.1. The van der Waals surface area contributed by atoms with Crippen LogP contribution in [0.15, 0.2) is 66.7 Å². The number of benzene rings is 3. The highest BCUT2D eigenvalue weighted by Crippen LogP contribution is 2.24. The van der Waals surface area contributed by atoms with Gasteiger partial charge in [-0.05, 0) is 48.9 Å². The molecule has 0 aliphatic rings. The van der Waals surface area contributed by atoms with Crippen molar-refractivity contribution in [3.8, 4) is 5.75 Å². The zero-order valence-corrected chi connectivity index (χ0v) is 16.5. The van der Waals surface area contributed by atoms with Gasteiger partial charge in [0, 0.05) is 35.1 Å². The molecular weight excluding hydrogens is 364 g/mol. The molecule has 29 heavy (non-hydrogen) atoms. The predicted molar refractivity (Wildman–Crippen MR) is 118 cm³/mol. The van der Waals surface area contributed by atoms with E-state index in [1.807, 2.05) is 42.5 Å². The summed E-state index contributed by atoms with van der Waals surface area (Å²) in [4.78, 5) is 12.4. The first-order valence-corrected chi connectivity index (χ1v) is 9.20. The summed E-state index contributed by atoms with van der Waals surface area (Å²) in [5.74, 6) is 0.515. The van der Waals surface area contributed by atoms with Gasteiger partial charge in [-0.15, -0.1) is 0 Å². The van der Waals surface area contributed by atoms with Crippen molar-refractivity contribution in [1.29, 1.82) is 5.41 Å². The van der Waals surface area contributed by atoms with Crippen molar-refractivity contribution in [2.75, 3.05) is 23.5 Å². The fourth-order valence-corrected chi connectivity index (χ4v) is 2.90. The second kappa shape index (κ2) is 8.93. The molecule has 0 spiro atoms. The van der Waals surface area contributed by atoms with Crippen LogP contribution in [0.1, 0.15) is 28.4 Å². The minimum atomic E-state index is -0.211. The van der Waals surface area contributed by atoms with Crippen LogP contribution in [0, 0.1) is 5.41 Å². The number of para-hydroxylation sites is 2. The first kappa shape index (κ1) is 19.9. The minimum absolute atomic E-state index is 0.211. The van der Waals surface area contributed by atoms with E-state index in [-0.39, 0.29) is 5.91 Å². The third-order valence-corrected chi connectivity index (χ3v) is 4.54. The van der Waals surface area contributed by atoms with Crippen molar-refractivity contribution >= 4 is 28.7 Å². The van der Waals surface area contributed by atoms with E-state index in [4.69, 9.17) is 15.9 Å². The van der Waals surface area contributed by atoms with Crippen molar-refractivity contribution in [2.24, 2.45) is 0 Å². The highest BCUT2D eigenvalue weighted by Gasteiger charge is 2.09. The summed E-state index contributed by atoms with van der Waals surface area (Å²) in [6.45, 7) is 2.31. The topological polar surface area (TPSA) is 100 Å². The third kappa shape index (κ3) is 4.93. The molecule has 3 rings (SSSR count). The molecule has 0 aliphatic heterocycles. The fourth-order valence-electron chi connectivity index (χ4n) is 2.90. The van der Waals surface area contributed by atoms with Gasteiger partial charge in [-0.25, -0.2) is 0 Å². The number of ether oxygens (including phenoxy) is 1. The minimum Gasteiger partial charge on any atom is -0.497 e. The van der Waals surface area contributed by atoms with Crippen molar-refractivity contribution in [2.45, 2.75) is 13.5 Å². The van der Waals surface area contributed by atoms with Crippen LogP contribution < -0.4 is 21.1 Å². The lowest BCUT2D eigenvalue weighted by Crippen LogP contribution is -2.13. The second-order valence-electron chi connectivity index (χ2n) is 6.63. The normalized spacial score (nSPS) is 10.3. The number of hydrogen-bond donors (Lipinski definition) is 4. The van der Waals surface area contributed by atoms with Crippen LogP contribution in [-0.2, 0) is 6.54 Å². The molecule has 5 N–H and O–H groups in total. The molecule has 0 radical (unpaired) electrons. The zero-order valence-electron chi connectivity index (χ0n) is 16.5. The molecule has 3 aromatic carbocycles. The van der Waals surface area contributed by atoms with Crippen molar-refractivity contribution in [3.63, 3.8) is 0 Å². The number of carbonyl (C=O) groups excluding carboxylic acids is 1. The Kier molecular flexibility index (Phi) is 6.14. The van der Waals surface area contributed by atoms with Crippen LogP contribution in [-0.4, -0.2) is 18.7 Å². The van der Waals surface area contributed by atoms with E-state index in [1.165, 1.54) is 0 Å². The van der Waals surface area contributed by atoms with Crippen LogP contribution in [0.4, 0.5) is 17.1 Å². The Morgan fingerprint density at radius 3 is 2.41 bits per heavy atom. The number of amides is 1. The number of anilines is 3. The number of nitrogens with two attached hydrogens (primary N) is 1. The molecular formula is C23H24N4O2. The van der Waals surface area contributed by atoms with E-state index in [2.05, 4.69) is 10.6 Å². The molecule has 0 saturated carbocycles. The van der Waals surface area contributed by atoms with Crippen molar-refractivity contribution in [1.82, 2.24) is 0 Å². The Labute approximate surface area is 170 Å².